The van der Waals surface area contributed by atoms with E-state index in [1.54, 1.807) is 6.07 Å². The first kappa shape index (κ1) is 18.0. The van der Waals surface area contributed by atoms with E-state index >= 15 is 0 Å². The summed E-state index contributed by atoms with van der Waals surface area (Å²) < 4.78 is 38.5. The van der Waals surface area contributed by atoms with Crippen LogP contribution in [-0.2, 0) is 11.6 Å². The number of nitrogens with zero attached hydrogens (tertiary/aromatic N) is 1. The molecule has 0 heterocycles. The van der Waals surface area contributed by atoms with Crippen molar-refractivity contribution >= 4 is 11.9 Å². The quantitative estimate of drug-likeness (QED) is 0.510. The molecule has 0 spiro atoms. The fraction of sp³-hybridized carbons (Fsp3) is 0.458. The molecule has 0 aromatic heterocycles. The predicted molar refractivity (Wildman–Crippen MR) is 105 cm³/mol. The summed E-state index contributed by atoms with van der Waals surface area (Å²) in [6.07, 6.45) is 5.44. The van der Waals surface area contributed by atoms with E-state index in [1.807, 2.05) is 12.1 Å². The van der Waals surface area contributed by atoms with Crippen molar-refractivity contribution in [1.29, 1.82) is 0 Å². The molecule has 0 N–H and O–H groups in total. The van der Waals surface area contributed by atoms with Crippen LogP contribution >= 0.6 is 0 Å². The van der Waals surface area contributed by atoms with Crippen LogP contribution < -0.4 is 0 Å². The lowest BCUT2D eigenvalue weighted by Crippen LogP contribution is -2.48. The Balaban J connectivity index is 1.34. The predicted octanol–water partition coefficient (Wildman–Crippen LogP) is 6.92. The van der Waals surface area contributed by atoms with Crippen molar-refractivity contribution in [2.45, 2.75) is 50.1 Å². The molecule has 0 saturated heterocycles. The minimum absolute atomic E-state index is 0.359. The van der Waals surface area contributed by atoms with Crippen LogP contribution in [0.25, 0.3) is 0 Å². The standard InChI is InChI=1S/C24H24F3N/c25-24(26,27)21-3-1-2-16(11-21)15-28-22-6-4-20(5-7-22)23-12-17-8-18(13-23)10-19(9-17)14-23/h1-7,11,15,17-19H,8-10,12-14H2. The summed E-state index contributed by atoms with van der Waals surface area (Å²) >= 11 is 0. The lowest BCUT2D eigenvalue weighted by atomic mass is 9.48. The van der Waals surface area contributed by atoms with Gasteiger partial charge in [0.15, 0.2) is 0 Å². The lowest BCUT2D eigenvalue weighted by molar-refractivity contribution is -0.137. The number of hydrogen-bond acceptors (Lipinski definition) is 1. The van der Waals surface area contributed by atoms with Gasteiger partial charge in [0.05, 0.1) is 11.3 Å². The van der Waals surface area contributed by atoms with Gasteiger partial charge in [0.2, 0.25) is 0 Å². The molecule has 4 bridgehead atoms. The maximum Gasteiger partial charge on any atom is 0.416 e. The third-order valence-electron chi connectivity index (χ3n) is 7.09. The number of alkyl halides is 3. The Morgan fingerprint density at radius 1 is 0.857 bits per heavy atom. The first-order valence-corrected chi connectivity index (χ1v) is 10.2. The molecular weight excluding hydrogens is 359 g/mol. The zero-order valence-electron chi connectivity index (χ0n) is 15.8. The summed E-state index contributed by atoms with van der Waals surface area (Å²) in [6.45, 7) is 0. The first-order valence-electron chi connectivity index (χ1n) is 10.2. The van der Waals surface area contributed by atoms with E-state index in [0.29, 0.717) is 11.0 Å². The number of halogens is 3. The molecule has 0 aliphatic heterocycles. The lowest BCUT2D eigenvalue weighted by Gasteiger charge is -2.57. The normalized spacial score (nSPS) is 31.6. The maximum absolute atomic E-state index is 12.8. The number of aliphatic imine (C=N–C) groups is 1. The van der Waals surface area contributed by atoms with Crippen molar-refractivity contribution < 1.29 is 13.2 Å². The zero-order chi connectivity index (χ0) is 19.4. The average Bonchev–Trinajstić information content (AvgIpc) is 2.65. The van der Waals surface area contributed by atoms with Crippen molar-refractivity contribution in [3.8, 4) is 0 Å². The molecule has 4 aliphatic carbocycles. The molecule has 2 aromatic rings. The van der Waals surface area contributed by atoms with Crippen LogP contribution in [0.4, 0.5) is 18.9 Å². The van der Waals surface area contributed by atoms with Crippen molar-refractivity contribution in [2.24, 2.45) is 22.7 Å². The minimum Gasteiger partial charge on any atom is -0.256 e. The van der Waals surface area contributed by atoms with E-state index in [-0.39, 0.29) is 0 Å². The van der Waals surface area contributed by atoms with Crippen LogP contribution in [0.5, 0.6) is 0 Å². The van der Waals surface area contributed by atoms with Gasteiger partial charge < -0.3 is 0 Å². The second kappa shape index (κ2) is 6.47. The second-order valence-electron chi connectivity index (χ2n) is 9.13. The van der Waals surface area contributed by atoms with Gasteiger partial charge in [-0.05, 0) is 97.1 Å². The Bertz CT molecular complexity index is 860. The van der Waals surface area contributed by atoms with Crippen molar-refractivity contribution in [3.63, 3.8) is 0 Å². The van der Waals surface area contributed by atoms with Crippen LogP contribution in [0.1, 0.15) is 55.2 Å². The van der Waals surface area contributed by atoms with E-state index in [0.717, 1.165) is 35.6 Å². The van der Waals surface area contributed by atoms with Gasteiger partial charge in [0, 0.05) is 6.21 Å². The molecule has 146 valence electrons. The van der Waals surface area contributed by atoms with Gasteiger partial charge in [0.1, 0.15) is 0 Å². The smallest absolute Gasteiger partial charge is 0.256 e. The molecule has 4 fully saturated rings. The summed E-state index contributed by atoms with van der Waals surface area (Å²) in [4.78, 5) is 4.39. The third kappa shape index (κ3) is 3.27. The van der Waals surface area contributed by atoms with Crippen molar-refractivity contribution in [1.82, 2.24) is 0 Å². The molecule has 0 radical (unpaired) electrons. The number of rotatable bonds is 3. The molecule has 2 aromatic carbocycles. The highest BCUT2D eigenvalue weighted by Gasteiger charge is 2.51. The molecule has 0 atom stereocenters. The summed E-state index contributed by atoms with van der Waals surface area (Å²) in [5, 5.41) is 0. The minimum atomic E-state index is -4.33. The summed E-state index contributed by atoms with van der Waals surface area (Å²) in [5.41, 5.74) is 2.39. The Labute approximate surface area is 163 Å². The fourth-order valence-electron chi connectivity index (χ4n) is 6.31. The Morgan fingerprint density at radius 2 is 1.46 bits per heavy atom. The second-order valence-corrected chi connectivity index (χ2v) is 9.13. The van der Waals surface area contributed by atoms with Crippen molar-refractivity contribution in [2.75, 3.05) is 0 Å². The zero-order valence-corrected chi connectivity index (χ0v) is 15.8. The van der Waals surface area contributed by atoms with E-state index in [2.05, 4.69) is 17.1 Å². The molecule has 6 rings (SSSR count). The highest BCUT2D eigenvalue weighted by atomic mass is 19.4. The molecule has 4 heteroatoms. The van der Waals surface area contributed by atoms with Crippen LogP contribution in [0.2, 0.25) is 0 Å². The molecule has 1 nitrogen and oxygen atoms in total. The monoisotopic (exact) mass is 383 g/mol. The van der Waals surface area contributed by atoms with E-state index in [9.17, 15) is 13.2 Å². The topological polar surface area (TPSA) is 12.4 Å². The van der Waals surface area contributed by atoms with E-state index < -0.39 is 11.7 Å². The van der Waals surface area contributed by atoms with Crippen LogP contribution in [-0.4, -0.2) is 6.21 Å². The van der Waals surface area contributed by atoms with Gasteiger partial charge in [-0.3, -0.25) is 4.99 Å². The van der Waals surface area contributed by atoms with Gasteiger partial charge >= 0.3 is 6.18 Å². The summed E-state index contributed by atoms with van der Waals surface area (Å²) in [6, 6.07) is 13.7. The highest BCUT2D eigenvalue weighted by Crippen LogP contribution is 2.60. The molecule has 4 aliphatic rings. The van der Waals surface area contributed by atoms with E-state index in [1.165, 1.54) is 56.4 Å². The Kier molecular flexibility index (Phi) is 4.15. The molecule has 0 unspecified atom stereocenters. The van der Waals surface area contributed by atoms with Gasteiger partial charge in [0.25, 0.3) is 0 Å². The molecular formula is C24H24F3N. The molecule has 28 heavy (non-hydrogen) atoms. The largest absolute Gasteiger partial charge is 0.416 e. The summed E-state index contributed by atoms with van der Waals surface area (Å²) in [5.74, 6) is 2.72. The molecule has 0 amide bonds. The highest BCUT2D eigenvalue weighted by molar-refractivity contribution is 5.82. The Morgan fingerprint density at radius 3 is 2.04 bits per heavy atom. The third-order valence-corrected chi connectivity index (χ3v) is 7.09. The van der Waals surface area contributed by atoms with Gasteiger partial charge in [-0.1, -0.05) is 24.3 Å². The van der Waals surface area contributed by atoms with Gasteiger partial charge in [-0.15, -0.1) is 0 Å². The first-order chi connectivity index (χ1) is 13.4. The fourth-order valence-corrected chi connectivity index (χ4v) is 6.31. The van der Waals surface area contributed by atoms with Gasteiger partial charge in [-0.2, -0.15) is 13.2 Å². The SMILES string of the molecule is FC(F)(F)c1cccc(C=Nc2ccc(C34CC5CC(CC(C5)C3)C4)cc2)c1. The van der Waals surface area contributed by atoms with Crippen LogP contribution in [0.3, 0.4) is 0 Å². The number of hydrogen-bond donors (Lipinski definition) is 0. The average molecular weight is 383 g/mol. The van der Waals surface area contributed by atoms with Crippen LogP contribution in [0, 0.1) is 17.8 Å². The Hall–Kier alpha value is -2.10. The number of benzene rings is 2. The van der Waals surface area contributed by atoms with Crippen LogP contribution in [0.15, 0.2) is 53.5 Å². The summed E-state index contributed by atoms with van der Waals surface area (Å²) in [7, 11) is 0. The van der Waals surface area contributed by atoms with Crippen molar-refractivity contribution in [3.05, 3.63) is 65.2 Å². The molecule has 4 saturated carbocycles. The van der Waals surface area contributed by atoms with Gasteiger partial charge in [-0.25, -0.2) is 0 Å². The van der Waals surface area contributed by atoms with E-state index in [4.69, 9.17) is 0 Å². The maximum atomic E-state index is 12.8.